The van der Waals surface area contributed by atoms with E-state index in [1.54, 1.807) is 0 Å². The number of nitrogens with zero attached hydrogens (tertiary/aromatic N) is 1. The molecule has 4 nitrogen and oxygen atoms in total. The number of hydrogen-bond acceptors (Lipinski definition) is 4. The monoisotopic (exact) mass is 332 g/mol. The lowest BCUT2D eigenvalue weighted by molar-refractivity contribution is 0.0384. The van der Waals surface area contributed by atoms with Crippen LogP contribution in [-0.4, -0.2) is 50.9 Å². The van der Waals surface area contributed by atoms with Gasteiger partial charge < -0.3 is 14.8 Å². The summed E-state index contributed by atoms with van der Waals surface area (Å²) in [6.07, 6.45) is 0. The number of morpholine rings is 1. The average molecular weight is 333 g/mol. The Bertz CT molecular complexity index is 428. The summed E-state index contributed by atoms with van der Waals surface area (Å²) >= 11 is 12.4. The SMILES string of the molecule is CCOc1c(Cl)cc(CNCCN2CCOCC2)cc1Cl. The van der Waals surface area contributed by atoms with E-state index in [1.807, 2.05) is 19.1 Å². The lowest BCUT2D eigenvalue weighted by Gasteiger charge is -2.26. The van der Waals surface area contributed by atoms with Crippen molar-refractivity contribution in [1.82, 2.24) is 10.2 Å². The quantitative estimate of drug-likeness (QED) is 0.778. The van der Waals surface area contributed by atoms with Crippen LogP contribution >= 0.6 is 23.2 Å². The van der Waals surface area contributed by atoms with Crippen molar-refractivity contribution in [3.63, 3.8) is 0 Å². The van der Waals surface area contributed by atoms with E-state index in [0.29, 0.717) is 22.4 Å². The van der Waals surface area contributed by atoms with Gasteiger partial charge in [0.25, 0.3) is 0 Å². The molecule has 0 radical (unpaired) electrons. The van der Waals surface area contributed by atoms with E-state index in [4.69, 9.17) is 32.7 Å². The van der Waals surface area contributed by atoms with Crippen molar-refractivity contribution in [2.24, 2.45) is 0 Å². The molecule has 6 heteroatoms. The maximum Gasteiger partial charge on any atom is 0.156 e. The summed E-state index contributed by atoms with van der Waals surface area (Å²) in [5, 5.41) is 4.54. The average Bonchev–Trinajstić information content (AvgIpc) is 2.48. The molecular weight excluding hydrogens is 311 g/mol. The molecule has 1 fully saturated rings. The van der Waals surface area contributed by atoms with Gasteiger partial charge in [0, 0.05) is 32.7 Å². The zero-order valence-electron chi connectivity index (χ0n) is 12.3. The van der Waals surface area contributed by atoms with Crippen molar-refractivity contribution in [3.8, 4) is 5.75 Å². The third-order valence-electron chi connectivity index (χ3n) is 3.38. The minimum atomic E-state index is 0.552. The van der Waals surface area contributed by atoms with Gasteiger partial charge in [-0.15, -0.1) is 0 Å². The molecule has 0 unspecified atom stereocenters. The largest absolute Gasteiger partial charge is 0.491 e. The van der Waals surface area contributed by atoms with Crippen LogP contribution in [0, 0.1) is 0 Å². The highest BCUT2D eigenvalue weighted by Gasteiger charge is 2.11. The second-order valence-corrected chi connectivity index (χ2v) is 5.77. The van der Waals surface area contributed by atoms with Gasteiger partial charge in [0.1, 0.15) is 0 Å². The van der Waals surface area contributed by atoms with E-state index in [9.17, 15) is 0 Å². The van der Waals surface area contributed by atoms with Crippen molar-refractivity contribution in [3.05, 3.63) is 27.7 Å². The number of hydrogen-bond donors (Lipinski definition) is 1. The van der Waals surface area contributed by atoms with Crippen LogP contribution in [0.3, 0.4) is 0 Å². The number of ether oxygens (including phenoxy) is 2. The maximum absolute atomic E-state index is 6.19. The Hall–Kier alpha value is -0.520. The topological polar surface area (TPSA) is 33.7 Å². The van der Waals surface area contributed by atoms with Gasteiger partial charge >= 0.3 is 0 Å². The fraction of sp³-hybridized carbons (Fsp3) is 0.600. The highest BCUT2D eigenvalue weighted by atomic mass is 35.5. The van der Waals surface area contributed by atoms with Crippen LogP contribution in [0.4, 0.5) is 0 Å². The number of rotatable bonds is 7. The van der Waals surface area contributed by atoms with Gasteiger partial charge in [0.2, 0.25) is 0 Å². The zero-order chi connectivity index (χ0) is 15.1. The summed E-state index contributed by atoms with van der Waals surface area (Å²) in [5.74, 6) is 0.568. The Labute approximate surface area is 136 Å². The fourth-order valence-electron chi connectivity index (χ4n) is 2.29. The molecule has 0 aromatic heterocycles. The molecule has 0 aliphatic carbocycles. The molecule has 0 bridgehead atoms. The molecule has 2 rings (SSSR count). The Morgan fingerprint density at radius 2 is 1.90 bits per heavy atom. The smallest absolute Gasteiger partial charge is 0.156 e. The molecular formula is C15H22Cl2N2O2. The third-order valence-corrected chi connectivity index (χ3v) is 3.95. The van der Waals surface area contributed by atoms with Gasteiger partial charge in [-0.1, -0.05) is 23.2 Å². The van der Waals surface area contributed by atoms with E-state index in [-0.39, 0.29) is 0 Å². The van der Waals surface area contributed by atoms with Crippen LogP contribution in [0.25, 0.3) is 0 Å². The fourth-order valence-corrected chi connectivity index (χ4v) is 2.93. The molecule has 1 N–H and O–H groups in total. The summed E-state index contributed by atoms with van der Waals surface area (Å²) in [7, 11) is 0. The van der Waals surface area contributed by atoms with Crippen LogP contribution < -0.4 is 10.1 Å². The first-order chi connectivity index (χ1) is 10.2. The van der Waals surface area contributed by atoms with Crippen molar-refractivity contribution in [2.75, 3.05) is 46.0 Å². The number of nitrogens with one attached hydrogen (secondary N) is 1. The van der Waals surface area contributed by atoms with E-state index >= 15 is 0 Å². The minimum absolute atomic E-state index is 0.552. The summed E-state index contributed by atoms with van der Waals surface area (Å²) < 4.78 is 10.8. The minimum Gasteiger partial charge on any atom is -0.491 e. The molecule has 1 aliphatic heterocycles. The zero-order valence-corrected chi connectivity index (χ0v) is 13.8. The van der Waals surface area contributed by atoms with Gasteiger partial charge in [0.05, 0.1) is 29.9 Å². The van der Waals surface area contributed by atoms with E-state index in [2.05, 4.69) is 10.2 Å². The molecule has 0 saturated carbocycles. The molecule has 1 aromatic carbocycles. The molecule has 118 valence electrons. The summed E-state index contributed by atoms with van der Waals surface area (Å²) in [6.45, 7) is 8.88. The third kappa shape index (κ3) is 5.31. The predicted octanol–water partition coefficient (Wildman–Crippen LogP) is 2.81. The molecule has 1 heterocycles. The Morgan fingerprint density at radius 3 is 2.52 bits per heavy atom. The van der Waals surface area contributed by atoms with Crippen LogP contribution in [-0.2, 0) is 11.3 Å². The first-order valence-corrected chi connectivity index (χ1v) is 8.08. The van der Waals surface area contributed by atoms with E-state index in [1.165, 1.54) is 0 Å². The molecule has 0 spiro atoms. The molecule has 1 aromatic rings. The van der Waals surface area contributed by atoms with Crippen molar-refractivity contribution >= 4 is 23.2 Å². The normalized spacial score (nSPS) is 16.1. The van der Waals surface area contributed by atoms with E-state index < -0.39 is 0 Å². The second-order valence-electron chi connectivity index (χ2n) is 4.95. The Kier molecular flexibility index (Phi) is 7.07. The lowest BCUT2D eigenvalue weighted by Crippen LogP contribution is -2.40. The summed E-state index contributed by atoms with van der Waals surface area (Å²) in [4.78, 5) is 2.40. The van der Waals surface area contributed by atoms with Gasteiger partial charge in [-0.25, -0.2) is 0 Å². The first-order valence-electron chi connectivity index (χ1n) is 7.32. The van der Waals surface area contributed by atoms with Gasteiger partial charge in [-0.2, -0.15) is 0 Å². The van der Waals surface area contributed by atoms with Gasteiger partial charge in [-0.05, 0) is 24.6 Å². The second kappa shape index (κ2) is 8.81. The highest BCUT2D eigenvalue weighted by Crippen LogP contribution is 2.34. The summed E-state index contributed by atoms with van der Waals surface area (Å²) in [6, 6.07) is 3.81. The van der Waals surface area contributed by atoms with E-state index in [0.717, 1.165) is 51.5 Å². The first kappa shape index (κ1) is 16.8. The Balaban J connectivity index is 1.77. The predicted molar refractivity (Wildman–Crippen MR) is 86.6 cm³/mol. The van der Waals surface area contributed by atoms with Crippen LogP contribution in [0.1, 0.15) is 12.5 Å². The van der Waals surface area contributed by atoms with Crippen LogP contribution in [0.5, 0.6) is 5.75 Å². The highest BCUT2D eigenvalue weighted by molar-refractivity contribution is 6.37. The number of halogens is 2. The molecule has 21 heavy (non-hydrogen) atoms. The van der Waals surface area contributed by atoms with Crippen molar-refractivity contribution in [1.29, 1.82) is 0 Å². The lowest BCUT2D eigenvalue weighted by atomic mass is 10.2. The van der Waals surface area contributed by atoms with Gasteiger partial charge in [0.15, 0.2) is 5.75 Å². The van der Waals surface area contributed by atoms with Gasteiger partial charge in [-0.3, -0.25) is 4.90 Å². The molecule has 1 saturated heterocycles. The Morgan fingerprint density at radius 1 is 1.24 bits per heavy atom. The maximum atomic E-state index is 6.19. The molecule has 1 aliphatic rings. The molecule has 0 amide bonds. The van der Waals surface area contributed by atoms with Crippen LogP contribution in [0.2, 0.25) is 10.0 Å². The summed E-state index contributed by atoms with van der Waals surface area (Å²) in [5.41, 5.74) is 1.07. The standard InChI is InChI=1S/C15H22Cl2N2O2/c1-2-21-15-13(16)9-12(10-14(15)17)11-18-3-4-19-5-7-20-8-6-19/h9-10,18H,2-8,11H2,1H3. The van der Waals surface area contributed by atoms with Crippen molar-refractivity contribution in [2.45, 2.75) is 13.5 Å². The number of benzene rings is 1. The van der Waals surface area contributed by atoms with Crippen molar-refractivity contribution < 1.29 is 9.47 Å². The van der Waals surface area contributed by atoms with Crippen LogP contribution in [0.15, 0.2) is 12.1 Å². The molecule has 0 atom stereocenters.